The third kappa shape index (κ3) is 4.83. The predicted molar refractivity (Wildman–Crippen MR) is 86.9 cm³/mol. The molecule has 0 N–H and O–H groups in total. The largest absolute Gasteiger partial charge is 0.302 e. The lowest BCUT2D eigenvalue weighted by Gasteiger charge is -2.28. The van der Waals surface area contributed by atoms with Crippen molar-refractivity contribution in [3.63, 3.8) is 0 Å². The van der Waals surface area contributed by atoms with E-state index in [0.29, 0.717) is 0 Å². The van der Waals surface area contributed by atoms with Crippen LogP contribution in [0.1, 0.15) is 30.9 Å². The summed E-state index contributed by atoms with van der Waals surface area (Å²) in [4.78, 5) is 13.7. The number of hydrogen-bond acceptors (Lipinski definition) is 2. The lowest BCUT2D eigenvalue weighted by Crippen LogP contribution is -2.35. The standard InChI is InChI=1S/C19H23NO/c1-2-9-19(16-21)20(14-17-10-5-3-6-11-17)15-18-12-7-4-8-13-18/h3-8,10-13,16,19H,2,9,14-15H2,1H3. The minimum atomic E-state index is -0.0181. The maximum absolute atomic E-state index is 11.5. The number of rotatable bonds is 8. The second-order valence-electron chi connectivity index (χ2n) is 5.37. The van der Waals surface area contributed by atoms with E-state index in [2.05, 4.69) is 36.1 Å². The van der Waals surface area contributed by atoms with E-state index >= 15 is 0 Å². The molecule has 0 aromatic heterocycles. The molecule has 2 nitrogen and oxygen atoms in total. The molecular formula is C19H23NO. The Kier molecular flexibility index (Phi) is 6.17. The zero-order chi connectivity index (χ0) is 14.9. The Labute approximate surface area is 127 Å². The van der Waals surface area contributed by atoms with E-state index in [1.807, 2.05) is 36.4 Å². The molecule has 0 aliphatic rings. The van der Waals surface area contributed by atoms with Crippen LogP contribution in [-0.4, -0.2) is 17.2 Å². The third-order valence-electron chi connectivity index (χ3n) is 3.67. The van der Waals surface area contributed by atoms with Gasteiger partial charge in [0.15, 0.2) is 0 Å². The average Bonchev–Trinajstić information content (AvgIpc) is 2.54. The Bertz CT molecular complexity index is 482. The first-order valence-corrected chi connectivity index (χ1v) is 7.60. The second-order valence-corrected chi connectivity index (χ2v) is 5.37. The fourth-order valence-electron chi connectivity index (χ4n) is 2.56. The highest BCUT2D eigenvalue weighted by Gasteiger charge is 2.17. The normalized spacial score (nSPS) is 12.3. The molecule has 0 saturated heterocycles. The molecule has 0 amide bonds. The minimum Gasteiger partial charge on any atom is -0.302 e. The molecular weight excluding hydrogens is 258 g/mol. The van der Waals surface area contributed by atoms with Gasteiger partial charge in [0.25, 0.3) is 0 Å². The molecule has 2 heteroatoms. The average molecular weight is 281 g/mol. The number of carbonyl (C=O) groups is 1. The Balaban J connectivity index is 2.15. The summed E-state index contributed by atoms with van der Waals surface area (Å²) in [5.74, 6) is 0. The fraction of sp³-hybridized carbons (Fsp3) is 0.316. The Morgan fingerprint density at radius 1 is 0.905 bits per heavy atom. The Hall–Kier alpha value is -1.93. The van der Waals surface area contributed by atoms with Crippen molar-refractivity contribution in [3.05, 3.63) is 71.8 Å². The van der Waals surface area contributed by atoms with Crippen LogP contribution in [0.3, 0.4) is 0 Å². The van der Waals surface area contributed by atoms with Crippen LogP contribution in [0.15, 0.2) is 60.7 Å². The van der Waals surface area contributed by atoms with Crippen LogP contribution in [0.5, 0.6) is 0 Å². The van der Waals surface area contributed by atoms with Crippen LogP contribution in [0.4, 0.5) is 0 Å². The van der Waals surface area contributed by atoms with Gasteiger partial charge in [-0.25, -0.2) is 0 Å². The summed E-state index contributed by atoms with van der Waals surface area (Å²) in [7, 11) is 0. The van der Waals surface area contributed by atoms with Crippen LogP contribution >= 0.6 is 0 Å². The summed E-state index contributed by atoms with van der Waals surface area (Å²) in [6, 6.07) is 20.7. The molecule has 0 aliphatic carbocycles. The highest BCUT2D eigenvalue weighted by Crippen LogP contribution is 2.15. The van der Waals surface area contributed by atoms with E-state index < -0.39 is 0 Å². The van der Waals surface area contributed by atoms with Gasteiger partial charge in [0.1, 0.15) is 6.29 Å². The van der Waals surface area contributed by atoms with E-state index in [0.717, 1.165) is 32.2 Å². The first kappa shape index (κ1) is 15.5. The molecule has 1 atom stereocenters. The third-order valence-corrected chi connectivity index (χ3v) is 3.67. The number of carbonyl (C=O) groups excluding carboxylic acids is 1. The molecule has 110 valence electrons. The predicted octanol–water partition coefficient (Wildman–Crippen LogP) is 4.06. The molecule has 1 unspecified atom stereocenters. The summed E-state index contributed by atoms with van der Waals surface area (Å²) in [6.45, 7) is 3.73. The van der Waals surface area contributed by atoms with Crippen molar-refractivity contribution in [2.45, 2.75) is 38.9 Å². The van der Waals surface area contributed by atoms with Gasteiger partial charge in [-0.15, -0.1) is 0 Å². The molecule has 0 fully saturated rings. The first-order chi connectivity index (χ1) is 10.3. The van der Waals surface area contributed by atoms with Crippen molar-refractivity contribution in [3.8, 4) is 0 Å². The zero-order valence-corrected chi connectivity index (χ0v) is 12.6. The van der Waals surface area contributed by atoms with E-state index in [1.165, 1.54) is 11.1 Å². The summed E-state index contributed by atoms with van der Waals surface area (Å²) >= 11 is 0. The smallest absolute Gasteiger partial charge is 0.137 e. The van der Waals surface area contributed by atoms with E-state index in [9.17, 15) is 4.79 Å². The SMILES string of the molecule is CCCC(C=O)N(Cc1ccccc1)Cc1ccccc1. The molecule has 0 heterocycles. The summed E-state index contributed by atoms with van der Waals surface area (Å²) in [5, 5.41) is 0. The quantitative estimate of drug-likeness (QED) is 0.680. The number of benzene rings is 2. The van der Waals surface area contributed by atoms with Gasteiger partial charge in [-0.05, 0) is 17.5 Å². The van der Waals surface area contributed by atoms with Gasteiger partial charge in [0.05, 0.1) is 6.04 Å². The van der Waals surface area contributed by atoms with Crippen LogP contribution in [-0.2, 0) is 17.9 Å². The monoisotopic (exact) mass is 281 g/mol. The van der Waals surface area contributed by atoms with Crippen LogP contribution < -0.4 is 0 Å². The van der Waals surface area contributed by atoms with Gasteiger partial charge in [-0.2, -0.15) is 0 Å². The lowest BCUT2D eigenvalue weighted by molar-refractivity contribution is -0.113. The molecule has 0 bridgehead atoms. The van der Waals surface area contributed by atoms with Crippen LogP contribution in [0, 0.1) is 0 Å². The zero-order valence-electron chi connectivity index (χ0n) is 12.6. The summed E-state index contributed by atoms with van der Waals surface area (Å²) in [6.07, 6.45) is 3.02. The van der Waals surface area contributed by atoms with Crippen molar-refractivity contribution in [2.24, 2.45) is 0 Å². The van der Waals surface area contributed by atoms with Gasteiger partial charge in [0, 0.05) is 13.1 Å². The highest BCUT2D eigenvalue weighted by atomic mass is 16.1. The fourth-order valence-corrected chi connectivity index (χ4v) is 2.56. The van der Waals surface area contributed by atoms with Crippen molar-refractivity contribution in [1.29, 1.82) is 0 Å². The maximum atomic E-state index is 11.5. The molecule has 2 aromatic rings. The second kappa shape index (κ2) is 8.38. The molecule has 0 spiro atoms. The van der Waals surface area contributed by atoms with Crippen molar-refractivity contribution < 1.29 is 4.79 Å². The molecule has 0 aliphatic heterocycles. The Morgan fingerprint density at radius 2 is 1.38 bits per heavy atom. The maximum Gasteiger partial charge on any atom is 0.137 e. The summed E-state index contributed by atoms with van der Waals surface area (Å²) in [5.41, 5.74) is 2.49. The van der Waals surface area contributed by atoms with Crippen molar-refractivity contribution in [2.75, 3.05) is 0 Å². The molecule has 2 rings (SSSR count). The molecule has 0 saturated carbocycles. The molecule has 21 heavy (non-hydrogen) atoms. The van der Waals surface area contributed by atoms with E-state index in [1.54, 1.807) is 0 Å². The minimum absolute atomic E-state index is 0.0181. The highest BCUT2D eigenvalue weighted by molar-refractivity contribution is 5.57. The molecule has 2 aromatic carbocycles. The van der Waals surface area contributed by atoms with Gasteiger partial charge in [-0.1, -0.05) is 74.0 Å². The topological polar surface area (TPSA) is 20.3 Å². The van der Waals surface area contributed by atoms with Gasteiger partial charge in [0.2, 0.25) is 0 Å². The number of hydrogen-bond donors (Lipinski definition) is 0. The van der Waals surface area contributed by atoms with Gasteiger partial charge < -0.3 is 4.79 Å². The van der Waals surface area contributed by atoms with Gasteiger partial charge in [-0.3, -0.25) is 4.90 Å². The van der Waals surface area contributed by atoms with Crippen molar-refractivity contribution >= 4 is 6.29 Å². The van der Waals surface area contributed by atoms with Crippen LogP contribution in [0.2, 0.25) is 0 Å². The van der Waals surface area contributed by atoms with Crippen LogP contribution in [0.25, 0.3) is 0 Å². The van der Waals surface area contributed by atoms with E-state index in [4.69, 9.17) is 0 Å². The number of aldehydes is 1. The van der Waals surface area contributed by atoms with Gasteiger partial charge >= 0.3 is 0 Å². The summed E-state index contributed by atoms with van der Waals surface area (Å²) < 4.78 is 0. The first-order valence-electron chi connectivity index (χ1n) is 7.60. The molecule has 0 radical (unpaired) electrons. The van der Waals surface area contributed by atoms with E-state index in [-0.39, 0.29) is 6.04 Å². The van der Waals surface area contributed by atoms with Crippen molar-refractivity contribution in [1.82, 2.24) is 4.90 Å². The lowest BCUT2D eigenvalue weighted by atomic mass is 10.1. The number of nitrogens with zero attached hydrogens (tertiary/aromatic N) is 1. The Morgan fingerprint density at radius 3 is 1.76 bits per heavy atom.